The molecule has 0 aromatic heterocycles. The lowest BCUT2D eigenvalue weighted by Gasteiger charge is -2.09. The first kappa shape index (κ1) is 12.1. The van der Waals surface area contributed by atoms with Crippen molar-refractivity contribution in [2.24, 2.45) is 0 Å². The maximum atomic E-state index is 10.6. The fraction of sp³-hybridized carbons (Fsp3) is 0.300. The molecule has 0 heterocycles. The van der Waals surface area contributed by atoms with Gasteiger partial charge in [0.15, 0.2) is 0 Å². The number of hydrogen-bond acceptors (Lipinski definition) is 3. The molecule has 0 aliphatic carbocycles. The minimum absolute atomic E-state index is 0.0209. The number of nitrogen functional groups attached to an aromatic ring is 1. The molecule has 82 valence electrons. The predicted octanol–water partition coefficient (Wildman–Crippen LogP) is 1.42. The van der Waals surface area contributed by atoms with Gasteiger partial charge >= 0.3 is 0 Å². The summed E-state index contributed by atoms with van der Waals surface area (Å²) in [5.41, 5.74) is 7.44. The Morgan fingerprint density at radius 2 is 2.20 bits per heavy atom. The van der Waals surface area contributed by atoms with Crippen LogP contribution in [0.1, 0.15) is 6.92 Å². The Kier molecular flexibility index (Phi) is 4.67. The van der Waals surface area contributed by atoms with E-state index in [-0.39, 0.29) is 5.91 Å². The fourth-order valence-electron chi connectivity index (χ4n) is 1.13. The van der Waals surface area contributed by atoms with Gasteiger partial charge in [-0.25, -0.2) is 0 Å². The van der Waals surface area contributed by atoms with E-state index in [0.717, 1.165) is 14.9 Å². The van der Waals surface area contributed by atoms with E-state index in [0.29, 0.717) is 13.1 Å². The van der Waals surface area contributed by atoms with Gasteiger partial charge < -0.3 is 16.4 Å². The maximum absolute atomic E-state index is 10.6. The fourth-order valence-corrected chi connectivity index (χ4v) is 1.65. The Bertz CT molecular complexity index is 355. The largest absolute Gasteiger partial charge is 0.397 e. The van der Waals surface area contributed by atoms with Gasteiger partial charge in [-0.3, -0.25) is 4.79 Å². The first-order valence-corrected chi connectivity index (χ1v) is 5.71. The number of rotatable bonds is 4. The van der Waals surface area contributed by atoms with Gasteiger partial charge in [0.05, 0.1) is 11.4 Å². The molecule has 0 saturated heterocycles. The zero-order chi connectivity index (χ0) is 11.3. The summed E-state index contributed by atoms with van der Waals surface area (Å²) in [6.45, 7) is 2.77. The van der Waals surface area contributed by atoms with Crippen LogP contribution in [-0.4, -0.2) is 19.0 Å². The Morgan fingerprint density at radius 3 is 2.80 bits per heavy atom. The summed E-state index contributed by atoms with van der Waals surface area (Å²) in [5, 5.41) is 5.86. The molecule has 1 aromatic carbocycles. The second-order valence-corrected chi connectivity index (χ2v) is 4.39. The number of carbonyl (C=O) groups excluding carboxylic acids is 1. The van der Waals surface area contributed by atoms with Crippen LogP contribution >= 0.6 is 22.6 Å². The van der Waals surface area contributed by atoms with Crippen LogP contribution in [0.15, 0.2) is 18.2 Å². The normalized spacial score (nSPS) is 9.73. The van der Waals surface area contributed by atoms with Crippen molar-refractivity contribution >= 4 is 39.9 Å². The molecule has 4 N–H and O–H groups in total. The molecule has 4 nitrogen and oxygen atoms in total. The van der Waals surface area contributed by atoms with Crippen molar-refractivity contribution in [3.63, 3.8) is 0 Å². The molecule has 5 heteroatoms. The first-order chi connectivity index (χ1) is 7.09. The molecule has 15 heavy (non-hydrogen) atoms. The van der Waals surface area contributed by atoms with Gasteiger partial charge in [-0.15, -0.1) is 0 Å². The first-order valence-electron chi connectivity index (χ1n) is 4.63. The average Bonchev–Trinajstić information content (AvgIpc) is 2.14. The summed E-state index contributed by atoms with van der Waals surface area (Å²) in [4.78, 5) is 10.6. The van der Waals surface area contributed by atoms with E-state index < -0.39 is 0 Å². The second-order valence-electron chi connectivity index (χ2n) is 3.14. The SMILES string of the molecule is CC(=O)NCCNc1ccc(I)cc1N. The smallest absolute Gasteiger partial charge is 0.216 e. The van der Waals surface area contributed by atoms with E-state index in [9.17, 15) is 4.79 Å². The molecule has 0 spiro atoms. The highest BCUT2D eigenvalue weighted by Gasteiger charge is 1.98. The molecule has 0 unspecified atom stereocenters. The Labute approximate surface area is 103 Å². The Hall–Kier alpha value is -0.980. The molecule has 0 atom stereocenters. The number of nitrogens with two attached hydrogens (primary N) is 1. The summed E-state index contributed by atoms with van der Waals surface area (Å²) in [7, 11) is 0. The molecule has 0 aliphatic heterocycles. The van der Waals surface area contributed by atoms with E-state index in [1.807, 2.05) is 18.2 Å². The summed E-state index contributed by atoms with van der Waals surface area (Å²) in [6.07, 6.45) is 0. The molecule has 1 rings (SSSR count). The lowest BCUT2D eigenvalue weighted by Crippen LogP contribution is -2.26. The third-order valence-electron chi connectivity index (χ3n) is 1.83. The number of amides is 1. The lowest BCUT2D eigenvalue weighted by molar-refractivity contribution is -0.118. The third-order valence-corrected chi connectivity index (χ3v) is 2.50. The average molecular weight is 319 g/mol. The van der Waals surface area contributed by atoms with Crippen LogP contribution in [0.25, 0.3) is 0 Å². The van der Waals surface area contributed by atoms with Gasteiger partial charge in [0, 0.05) is 23.6 Å². The van der Waals surface area contributed by atoms with Crippen molar-refractivity contribution in [3.05, 3.63) is 21.8 Å². The summed E-state index contributed by atoms with van der Waals surface area (Å²) < 4.78 is 1.11. The molecule has 0 fully saturated rings. The van der Waals surface area contributed by atoms with Gasteiger partial charge in [0.2, 0.25) is 5.91 Å². The molecule has 0 aliphatic rings. The topological polar surface area (TPSA) is 67.2 Å². The summed E-state index contributed by atoms with van der Waals surface area (Å²) in [6, 6.07) is 5.82. The lowest BCUT2D eigenvalue weighted by atomic mass is 10.3. The van der Waals surface area contributed by atoms with Gasteiger partial charge in [0.1, 0.15) is 0 Å². The van der Waals surface area contributed by atoms with E-state index >= 15 is 0 Å². The third kappa shape index (κ3) is 4.37. The number of halogens is 1. The summed E-state index contributed by atoms with van der Waals surface area (Å²) >= 11 is 2.21. The highest BCUT2D eigenvalue weighted by Crippen LogP contribution is 2.20. The molecular formula is C10H14IN3O. The van der Waals surface area contributed by atoms with Crippen molar-refractivity contribution in [3.8, 4) is 0 Å². The van der Waals surface area contributed by atoms with Crippen LogP contribution in [0.3, 0.4) is 0 Å². The van der Waals surface area contributed by atoms with E-state index in [2.05, 4.69) is 33.2 Å². The van der Waals surface area contributed by atoms with Gasteiger partial charge in [-0.2, -0.15) is 0 Å². The highest BCUT2D eigenvalue weighted by molar-refractivity contribution is 14.1. The zero-order valence-electron chi connectivity index (χ0n) is 8.51. The zero-order valence-corrected chi connectivity index (χ0v) is 10.7. The van der Waals surface area contributed by atoms with E-state index in [1.165, 1.54) is 6.92 Å². The molecule has 0 saturated carbocycles. The minimum atomic E-state index is -0.0209. The molecule has 1 aromatic rings. The predicted molar refractivity (Wildman–Crippen MR) is 70.7 cm³/mol. The van der Waals surface area contributed by atoms with Crippen molar-refractivity contribution in [1.29, 1.82) is 0 Å². The van der Waals surface area contributed by atoms with Gasteiger partial charge in [0.25, 0.3) is 0 Å². The molecule has 1 amide bonds. The van der Waals surface area contributed by atoms with Crippen LogP contribution in [0.4, 0.5) is 11.4 Å². The summed E-state index contributed by atoms with van der Waals surface area (Å²) in [5.74, 6) is -0.0209. The van der Waals surface area contributed by atoms with Crippen LogP contribution in [0.2, 0.25) is 0 Å². The van der Waals surface area contributed by atoms with Crippen molar-refractivity contribution in [2.75, 3.05) is 24.1 Å². The van der Waals surface area contributed by atoms with E-state index in [1.54, 1.807) is 0 Å². The quantitative estimate of drug-likeness (QED) is 0.447. The molecule has 0 bridgehead atoms. The standard InChI is InChI=1S/C10H14IN3O/c1-7(15)13-4-5-14-10-3-2-8(11)6-9(10)12/h2-3,6,14H,4-5,12H2,1H3,(H,13,15). The van der Waals surface area contributed by atoms with Crippen molar-refractivity contribution in [2.45, 2.75) is 6.92 Å². The minimum Gasteiger partial charge on any atom is -0.397 e. The number of carbonyl (C=O) groups is 1. The second kappa shape index (κ2) is 5.79. The monoisotopic (exact) mass is 319 g/mol. The number of hydrogen-bond donors (Lipinski definition) is 3. The van der Waals surface area contributed by atoms with Crippen LogP contribution in [0.5, 0.6) is 0 Å². The number of nitrogens with one attached hydrogen (secondary N) is 2. The van der Waals surface area contributed by atoms with Gasteiger partial charge in [-0.1, -0.05) is 0 Å². The maximum Gasteiger partial charge on any atom is 0.216 e. The Morgan fingerprint density at radius 1 is 1.47 bits per heavy atom. The Balaban J connectivity index is 2.40. The molecule has 0 radical (unpaired) electrons. The number of benzene rings is 1. The van der Waals surface area contributed by atoms with Crippen LogP contribution < -0.4 is 16.4 Å². The van der Waals surface area contributed by atoms with Gasteiger partial charge in [-0.05, 0) is 40.8 Å². The highest BCUT2D eigenvalue weighted by atomic mass is 127. The molecular weight excluding hydrogens is 305 g/mol. The van der Waals surface area contributed by atoms with Crippen molar-refractivity contribution < 1.29 is 4.79 Å². The van der Waals surface area contributed by atoms with Crippen LogP contribution in [-0.2, 0) is 4.79 Å². The van der Waals surface area contributed by atoms with E-state index in [4.69, 9.17) is 5.73 Å². The van der Waals surface area contributed by atoms with Crippen molar-refractivity contribution in [1.82, 2.24) is 5.32 Å². The van der Waals surface area contributed by atoms with Crippen LogP contribution in [0, 0.1) is 3.57 Å². The number of anilines is 2.